The van der Waals surface area contributed by atoms with E-state index < -0.39 is 7.82 Å². The molecule has 5 nitrogen and oxygen atoms in total. The minimum Gasteiger partial charge on any atom is -0.746 e. The van der Waals surface area contributed by atoms with Crippen LogP contribution in [0.25, 0.3) is 0 Å². The lowest BCUT2D eigenvalue weighted by Gasteiger charge is -2.27. The molecule has 0 fully saturated rings. The molecule has 0 aliphatic carbocycles. The highest BCUT2D eigenvalue weighted by atomic mass is 127. The molecule has 0 saturated carbocycles. The Morgan fingerprint density at radius 2 is 1.94 bits per heavy atom. The van der Waals surface area contributed by atoms with E-state index in [1.807, 2.05) is 49.8 Å². The Morgan fingerprint density at radius 1 is 1.33 bits per heavy atom. The predicted octanol–water partition coefficient (Wildman–Crippen LogP) is 1.86. The Labute approximate surface area is 121 Å². The number of likely N-dealkylation sites (N-methyl/N-ethyl adjacent to an activating group) is 1. The van der Waals surface area contributed by atoms with Crippen LogP contribution in [0.4, 0.5) is 0 Å². The van der Waals surface area contributed by atoms with E-state index in [0.717, 1.165) is 3.57 Å². The van der Waals surface area contributed by atoms with Crippen molar-refractivity contribution in [1.82, 2.24) is 0 Å². The van der Waals surface area contributed by atoms with Crippen LogP contribution in [-0.4, -0.2) is 38.8 Å². The molecule has 0 amide bonds. The Bertz CT molecular complexity index is 447. The number of para-hydroxylation sites is 1. The molecule has 102 valence electrons. The molecular weight excluding hydrogens is 368 g/mol. The lowest BCUT2D eigenvalue weighted by molar-refractivity contribution is -0.870. The topological polar surface area (TPSA) is 58.6 Å². The minimum atomic E-state index is -4.29. The van der Waals surface area contributed by atoms with Crippen molar-refractivity contribution in [2.75, 3.05) is 34.3 Å². The van der Waals surface area contributed by atoms with Gasteiger partial charge in [-0.1, -0.05) is 12.1 Å². The zero-order chi connectivity index (χ0) is 13.8. The fraction of sp³-hybridized carbons (Fsp3) is 0.455. The summed E-state index contributed by atoms with van der Waals surface area (Å²) >= 11 is 2.01. The second-order valence-electron chi connectivity index (χ2n) is 4.82. The predicted molar refractivity (Wildman–Crippen MR) is 76.2 cm³/mol. The van der Waals surface area contributed by atoms with Gasteiger partial charge >= 0.3 is 7.82 Å². The third-order valence-corrected chi connectivity index (χ3v) is 3.87. The van der Waals surface area contributed by atoms with Crippen LogP contribution in [0.15, 0.2) is 24.3 Å². The molecule has 0 N–H and O–H groups in total. The third-order valence-electron chi connectivity index (χ3n) is 2.06. The van der Waals surface area contributed by atoms with Crippen LogP contribution in [0.5, 0.6) is 5.75 Å². The number of phosphoric ester groups is 1. The molecule has 1 rings (SSSR count). The highest BCUT2D eigenvalue weighted by molar-refractivity contribution is 14.1. The van der Waals surface area contributed by atoms with Gasteiger partial charge in [0.05, 0.1) is 24.7 Å². The van der Waals surface area contributed by atoms with Crippen LogP contribution in [-0.2, 0) is 9.09 Å². The van der Waals surface area contributed by atoms with Crippen LogP contribution >= 0.6 is 30.4 Å². The highest BCUT2D eigenvalue weighted by Gasteiger charge is 2.15. The van der Waals surface area contributed by atoms with Gasteiger partial charge in [-0.05, 0) is 34.7 Å². The number of phosphoric acid groups is 1. The van der Waals surface area contributed by atoms with Crippen LogP contribution in [0, 0.1) is 3.57 Å². The summed E-state index contributed by atoms with van der Waals surface area (Å²) < 4.78 is 22.7. The molecule has 1 atom stereocenters. The van der Waals surface area contributed by atoms with Gasteiger partial charge in [-0.2, -0.15) is 0 Å². The van der Waals surface area contributed by atoms with E-state index in [9.17, 15) is 9.46 Å². The average Bonchev–Trinajstić information content (AvgIpc) is 2.18. The molecule has 0 saturated heterocycles. The molecule has 0 bridgehead atoms. The van der Waals surface area contributed by atoms with Crippen molar-refractivity contribution >= 4 is 30.4 Å². The van der Waals surface area contributed by atoms with Gasteiger partial charge in [0.25, 0.3) is 0 Å². The lowest BCUT2D eigenvalue weighted by atomic mass is 10.3. The van der Waals surface area contributed by atoms with Crippen molar-refractivity contribution in [2.45, 2.75) is 0 Å². The van der Waals surface area contributed by atoms with Crippen LogP contribution in [0.1, 0.15) is 0 Å². The van der Waals surface area contributed by atoms with E-state index in [2.05, 4.69) is 0 Å². The van der Waals surface area contributed by atoms with Crippen molar-refractivity contribution in [3.05, 3.63) is 27.8 Å². The van der Waals surface area contributed by atoms with Gasteiger partial charge in [0.15, 0.2) is 0 Å². The molecule has 0 heterocycles. The van der Waals surface area contributed by atoms with Crippen molar-refractivity contribution < 1.29 is 23.0 Å². The Morgan fingerprint density at radius 3 is 2.50 bits per heavy atom. The maximum Gasteiger partial charge on any atom is 0.320 e. The van der Waals surface area contributed by atoms with Gasteiger partial charge < -0.3 is 18.4 Å². The fourth-order valence-corrected chi connectivity index (χ4v) is 2.52. The quantitative estimate of drug-likeness (QED) is 0.426. The van der Waals surface area contributed by atoms with E-state index in [1.54, 1.807) is 18.2 Å². The van der Waals surface area contributed by atoms with Gasteiger partial charge in [0.2, 0.25) is 0 Å². The van der Waals surface area contributed by atoms with Gasteiger partial charge in [-0.3, -0.25) is 4.57 Å². The van der Waals surface area contributed by atoms with Gasteiger partial charge in [0, 0.05) is 0 Å². The fourth-order valence-electron chi connectivity index (χ4n) is 1.09. The van der Waals surface area contributed by atoms with E-state index in [4.69, 9.17) is 9.05 Å². The smallest absolute Gasteiger partial charge is 0.320 e. The molecule has 1 unspecified atom stereocenters. The summed E-state index contributed by atoms with van der Waals surface area (Å²) in [6.45, 7) is 0.690. The first kappa shape index (κ1) is 15.9. The first-order valence-electron chi connectivity index (χ1n) is 5.40. The summed E-state index contributed by atoms with van der Waals surface area (Å²) in [6, 6.07) is 6.88. The number of halogens is 1. The normalized spacial score (nSPS) is 15.2. The number of rotatable bonds is 6. The lowest BCUT2D eigenvalue weighted by Crippen LogP contribution is -2.37. The zero-order valence-corrected chi connectivity index (χ0v) is 13.7. The SMILES string of the molecule is C[N+](C)(C)CCOP(=O)([O-])Oc1ccccc1I. The first-order valence-corrected chi connectivity index (χ1v) is 7.94. The van der Waals surface area contributed by atoms with E-state index in [-0.39, 0.29) is 6.61 Å². The molecule has 0 aromatic heterocycles. The van der Waals surface area contributed by atoms with Crippen LogP contribution in [0.2, 0.25) is 0 Å². The monoisotopic (exact) mass is 385 g/mol. The van der Waals surface area contributed by atoms with Crippen molar-refractivity contribution in [2.24, 2.45) is 0 Å². The molecule has 0 spiro atoms. The average molecular weight is 385 g/mol. The summed E-state index contributed by atoms with van der Waals surface area (Å²) in [4.78, 5) is 11.6. The van der Waals surface area contributed by atoms with E-state index >= 15 is 0 Å². The zero-order valence-electron chi connectivity index (χ0n) is 10.6. The second kappa shape index (κ2) is 6.34. The molecule has 7 heteroatoms. The molecule has 0 aliphatic heterocycles. The summed E-state index contributed by atoms with van der Waals surface area (Å²) in [5, 5.41) is 0. The standard InChI is InChI=1S/C11H17INO4P/c1-13(2,3)8-9-16-18(14,15)17-11-7-5-4-6-10(11)12/h4-7H,8-9H2,1-3H3. The summed E-state index contributed by atoms with van der Waals surface area (Å²) in [7, 11) is 1.58. The summed E-state index contributed by atoms with van der Waals surface area (Å²) in [6.07, 6.45) is 0. The molecule has 0 aliphatic rings. The van der Waals surface area contributed by atoms with Gasteiger partial charge in [-0.25, -0.2) is 0 Å². The number of hydrogen-bond acceptors (Lipinski definition) is 4. The largest absolute Gasteiger partial charge is 0.746 e. The Hall–Kier alpha value is -0.140. The van der Waals surface area contributed by atoms with E-state index in [0.29, 0.717) is 16.8 Å². The first-order chi connectivity index (χ1) is 8.20. The second-order valence-corrected chi connectivity index (χ2v) is 7.31. The number of quaternary nitrogens is 1. The number of benzene rings is 1. The van der Waals surface area contributed by atoms with Crippen molar-refractivity contribution in [3.63, 3.8) is 0 Å². The molecular formula is C11H17INO4P. The van der Waals surface area contributed by atoms with Gasteiger partial charge in [-0.15, -0.1) is 0 Å². The highest BCUT2D eigenvalue weighted by Crippen LogP contribution is 2.40. The summed E-state index contributed by atoms with van der Waals surface area (Å²) in [5.41, 5.74) is 0. The maximum absolute atomic E-state index is 11.6. The van der Waals surface area contributed by atoms with E-state index in [1.165, 1.54) is 0 Å². The van der Waals surface area contributed by atoms with Gasteiger partial charge in [0.1, 0.15) is 18.9 Å². The van der Waals surface area contributed by atoms with Crippen molar-refractivity contribution in [3.8, 4) is 5.75 Å². The molecule has 1 aromatic rings. The van der Waals surface area contributed by atoms with Crippen molar-refractivity contribution in [1.29, 1.82) is 0 Å². The van der Waals surface area contributed by atoms with Crippen LogP contribution in [0.3, 0.4) is 0 Å². The Balaban J connectivity index is 2.55. The molecule has 1 aromatic carbocycles. The Kier molecular flexibility index (Phi) is 5.61. The minimum absolute atomic E-state index is 0.105. The maximum atomic E-state index is 11.6. The number of hydrogen-bond donors (Lipinski definition) is 0. The summed E-state index contributed by atoms with van der Waals surface area (Å²) in [5.74, 6) is 0.293. The molecule has 0 radical (unpaired) electrons. The molecule has 18 heavy (non-hydrogen) atoms. The van der Waals surface area contributed by atoms with Crippen LogP contribution < -0.4 is 9.42 Å². The third kappa shape index (κ3) is 6.15. The number of nitrogens with zero attached hydrogens (tertiary/aromatic N) is 1.